The van der Waals surface area contributed by atoms with Gasteiger partial charge in [0.15, 0.2) is 0 Å². The highest BCUT2D eigenvalue weighted by Gasteiger charge is 2.14. The fraction of sp³-hybridized carbons (Fsp3) is 0.700. The first-order valence-electron chi connectivity index (χ1n) is 5.02. The summed E-state index contributed by atoms with van der Waals surface area (Å²) >= 11 is 0. The molecular formula is C10H16N2O. The molecule has 1 aliphatic rings. The Morgan fingerprint density at radius 2 is 2.31 bits per heavy atom. The van der Waals surface area contributed by atoms with E-state index in [1.165, 1.54) is 30.7 Å². The van der Waals surface area contributed by atoms with E-state index in [4.69, 9.17) is 4.74 Å². The fourth-order valence-corrected chi connectivity index (χ4v) is 1.83. The Hall–Kier alpha value is -0.830. The molecule has 0 fully saturated rings. The molecule has 3 nitrogen and oxygen atoms in total. The first kappa shape index (κ1) is 8.75. The molecule has 0 radical (unpaired) electrons. The van der Waals surface area contributed by atoms with Gasteiger partial charge in [0.1, 0.15) is 6.73 Å². The molecule has 1 heterocycles. The average molecular weight is 180 g/mol. The lowest BCUT2D eigenvalue weighted by Crippen LogP contribution is -2.09. The van der Waals surface area contributed by atoms with Gasteiger partial charge in [-0.05, 0) is 32.6 Å². The zero-order chi connectivity index (χ0) is 9.10. The van der Waals surface area contributed by atoms with Crippen LogP contribution in [0.2, 0.25) is 0 Å². The van der Waals surface area contributed by atoms with Crippen LogP contribution in [-0.2, 0) is 24.3 Å². The maximum absolute atomic E-state index is 5.37. The van der Waals surface area contributed by atoms with E-state index >= 15 is 0 Å². The highest BCUT2D eigenvalue weighted by molar-refractivity contribution is 5.15. The average Bonchev–Trinajstić information content (AvgIpc) is 2.58. The molecule has 3 heteroatoms. The smallest absolute Gasteiger partial charge is 0.124 e. The molecule has 1 aromatic heterocycles. The minimum atomic E-state index is 0.666. The van der Waals surface area contributed by atoms with Crippen LogP contribution in [0.1, 0.15) is 31.2 Å². The Kier molecular flexibility index (Phi) is 2.64. The van der Waals surface area contributed by atoms with Crippen molar-refractivity contribution in [1.29, 1.82) is 0 Å². The minimum absolute atomic E-state index is 0.666. The van der Waals surface area contributed by atoms with Crippen LogP contribution in [-0.4, -0.2) is 16.2 Å². The van der Waals surface area contributed by atoms with E-state index in [0.717, 1.165) is 13.0 Å². The van der Waals surface area contributed by atoms with Gasteiger partial charge in [0, 0.05) is 12.3 Å². The van der Waals surface area contributed by atoms with E-state index < -0.39 is 0 Å². The summed E-state index contributed by atoms with van der Waals surface area (Å²) in [6.07, 6.45) is 6.81. The zero-order valence-electron chi connectivity index (χ0n) is 8.12. The van der Waals surface area contributed by atoms with Crippen LogP contribution >= 0.6 is 0 Å². The van der Waals surface area contributed by atoms with Gasteiger partial charge in [0.05, 0.1) is 12.0 Å². The van der Waals surface area contributed by atoms with E-state index in [2.05, 4.69) is 9.55 Å². The Morgan fingerprint density at radius 3 is 3.15 bits per heavy atom. The van der Waals surface area contributed by atoms with Crippen molar-refractivity contribution in [1.82, 2.24) is 9.55 Å². The van der Waals surface area contributed by atoms with E-state index in [1.807, 2.05) is 13.3 Å². The number of aromatic nitrogens is 2. The largest absolute Gasteiger partial charge is 0.361 e. The van der Waals surface area contributed by atoms with Crippen molar-refractivity contribution >= 4 is 0 Å². The van der Waals surface area contributed by atoms with Crippen molar-refractivity contribution in [3.05, 3.63) is 17.7 Å². The lowest BCUT2D eigenvalue weighted by Gasteiger charge is -2.13. The van der Waals surface area contributed by atoms with Gasteiger partial charge in [-0.15, -0.1) is 0 Å². The molecule has 0 saturated carbocycles. The van der Waals surface area contributed by atoms with Gasteiger partial charge in [-0.3, -0.25) is 0 Å². The summed E-state index contributed by atoms with van der Waals surface area (Å²) in [5.74, 6) is 0. The third kappa shape index (κ3) is 1.75. The van der Waals surface area contributed by atoms with Crippen molar-refractivity contribution in [2.24, 2.45) is 0 Å². The van der Waals surface area contributed by atoms with Crippen LogP contribution in [0.4, 0.5) is 0 Å². The Labute approximate surface area is 78.7 Å². The number of hydrogen-bond donors (Lipinski definition) is 0. The highest BCUT2D eigenvalue weighted by atomic mass is 16.5. The highest BCUT2D eigenvalue weighted by Crippen LogP contribution is 2.19. The molecule has 0 spiro atoms. The van der Waals surface area contributed by atoms with Gasteiger partial charge in [-0.25, -0.2) is 4.98 Å². The van der Waals surface area contributed by atoms with Gasteiger partial charge in [0.25, 0.3) is 0 Å². The topological polar surface area (TPSA) is 27.1 Å². The van der Waals surface area contributed by atoms with Crippen LogP contribution in [0.3, 0.4) is 0 Å². The van der Waals surface area contributed by atoms with Gasteiger partial charge in [-0.1, -0.05) is 0 Å². The molecule has 0 aromatic carbocycles. The minimum Gasteiger partial charge on any atom is -0.361 e. The third-order valence-corrected chi connectivity index (χ3v) is 2.54. The number of hydrogen-bond acceptors (Lipinski definition) is 2. The summed E-state index contributed by atoms with van der Waals surface area (Å²) in [5.41, 5.74) is 2.67. The number of imidazole rings is 1. The maximum Gasteiger partial charge on any atom is 0.124 e. The van der Waals surface area contributed by atoms with E-state index in [9.17, 15) is 0 Å². The molecule has 1 aromatic rings. The lowest BCUT2D eigenvalue weighted by molar-refractivity contribution is 0.0856. The van der Waals surface area contributed by atoms with Crippen LogP contribution in [0.15, 0.2) is 6.33 Å². The van der Waals surface area contributed by atoms with Crippen LogP contribution in [0.25, 0.3) is 0 Å². The van der Waals surface area contributed by atoms with Gasteiger partial charge < -0.3 is 9.30 Å². The van der Waals surface area contributed by atoms with Crippen LogP contribution in [0, 0.1) is 0 Å². The molecule has 0 N–H and O–H groups in total. The van der Waals surface area contributed by atoms with Crippen molar-refractivity contribution in [2.45, 2.75) is 39.3 Å². The normalized spacial score (nSPS) is 15.8. The van der Waals surface area contributed by atoms with Crippen molar-refractivity contribution < 1.29 is 4.74 Å². The van der Waals surface area contributed by atoms with E-state index in [0.29, 0.717) is 6.73 Å². The van der Waals surface area contributed by atoms with E-state index in [-0.39, 0.29) is 0 Å². The number of nitrogens with zero attached hydrogens (tertiary/aromatic N) is 2. The second kappa shape index (κ2) is 3.92. The summed E-state index contributed by atoms with van der Waals surface area (Å²) in [6, 6.07) is 0. The van der Waals surface area contributed by atoms with Gasteiger partial charge in [-0.2, -0.15) is 0 Å². The van der Waals surface area contributed by atoms with Crippen molar-refractivity contribution in [3.8, 4) is 0 Å². The molecular weight excluding hydrogens is 164 g/mol. The molecule has 1 aliphatic carbocycles. The molecule has 0 saturated heterocycles. The molecule has 0 unspecified atom stereocenters. The van der Waals surface area contributed by atoms with Crippen molar-refractivity contribution in [3.63, 3.8) is 0 Å². The number of ether oxygens (including phenoxy) is 1. The van der Waals surface area contributed by atoms with Crippen molar-refractivity contribution in [2.75, 3.05) is 6.61 Å². The zero-order valence-corrected chi connectivity index (χ0v) is 8.12. The Morgan fingerprint density at radius 1 is 1.46 bits per heavy atom. The first-order valence-corrected chi connectivity index (χ1v) is 5.02. The summed E-state index contributed by atoms with van der Waals surface area (Å²) in [4.78, 5) is 4.39. The monoisotopic (exact) mass is 180 g/mol. The van der Waals surface area contributed by atoms with E-state index in [1.54, 1.807) is 0 Å². The summed E-state index contributed by atoms with van der Waals surface area (Å²) in [7, 11) is 0. The summed E-state index contributed by atoms with van der Waals surface area (Å²) < 4.78 is 7.50. The summed E-state index contributed by atoms with van der Waals surface area (Å²) in [5, 5.41) is 0. The quantitative estimate of drug-likeness (QED) is 0.708. The van der Waals surface area contributed by atoms with Crippen LogP contribution < -0.4 is 0 Å². The number of fused-ring (bicyclic) bond motifs is 1. The van der Waals surface area contributed by atoms with Crippen LogP contribution in [0.5, 0.6) is 0 Å². The second-order valence-electron chi connectivity index (χ2n) is 3.44. The molecule has 72 valence electrons. The lowest BCUT2D eigenvalue weighted by atomic mass is 10.0. The fourth-order valence-electron chi connectivity index (χ4n) is 1.83. The number of rotatable bonds is 3. The molecule has 0 amide bonds. The third-order valence-electron chi connectivity index (χ3n) is 2.54. The first-order chi connectivity index (χ1) is 6.42. The molecule has 13 heavy (non-hydrogen) atoms. The Balaban J connectivity index is 2.12. The maximum atomic E-state index is 5.37. The predicted octanol–water partition coefficient (Wildman–Crippen LogP) is 1.76. The molecule has 2 rings (SSSR count). The Bertz CT molecular complexity index is 280. The standard InChI is InChI=1S/C10H16N2O/c1-2-13-8-12-7-11-9-5-3-4-6-10(9)12/h7H,2-6,8H2,1H3. The molecule has 0 atom stereocenters. The molecule has 0 bridgehead atoms. The molecule has 0 aliphatic heterocycles. The second-order valence-corrected chi connectivity index (χ2v) is 3.44. The summed E-state index contributed by atoms with van der Waals surface area (Å²) in [6.45, 7) is 3.45. The van der Waals surface area contributed by atoms with Gasteiger partial charge >= 0.3 is 0 Å². The number of aryl methyl sites for hydroxylation is 1. The SMILES string of the molecule is CCOCn1cnc2c1CCCC2. The van der Waals surface area contributed by atoms with Gasteiger partial charge in [0.2, 0.25) is 0 Å². The predicted molar refractivity (Wildman–Crippen MR) is 50.5 cm³/mol.